The predicted molar refractivity (Wildman–Crippen MR) is 172 cm³/mol. The molecule has 194 valence electrons. The van der Waals surface area contributed by atoms with Crippen molar-refractivity contribution in [3.63, 3.8) is 0 Å². The average Bonchev–Trinajstić information content (AvgIpc) is 3.63. The molecule has 4 heteroatoms. The monoisotopic (exact) mass is 552 g/mol. The van der Waals surface area contributed by atoms with E-state index >= 15 is 0 Å². The Labute approximate surface area is 245 Å². The fraction of sp³-hybridized carbons (Fsp3) is 0. The van der Waals surface area contributed by atoms with Gasteiger partial charge in [0, 0.05) is 53.2 Å². The molecule has 0 aliphatic heterocycles. The number of hydrogen-bond acceptors (Lipinski definition) is 4. The lowest BCUT2D eigenvalue weighted by atomic mass is 9.83. The highest BCUT2D eigenvalue weighted by atomic mass is 32.1. The topological polar surface area (TPSA) is 60.7 Å². The summed E-state index contributed by atoms with van der Waals surface area (Å²) in [5.41, 5.74) is 7.41. The summed E-state index contributed by atoms with van der Waals surface area (Å²) in [6.07, 6.45) is 0. The van der Waals surface area contributed by atoms with Crippen LogP contribution in [-0.4, -0.2) is 0 Å². The first-order valence-corrected chi connectivity index (χ1v) is 14.5. The second kappa shape index (κ2) is 9.46. The largest absolute Gasteiger partial charge is 0.456 e. The Morgan fingerprint density at radius 1 is 0.524 bits per heavy atom. The van der Waals surface area contributed by atoms with Gasteiger partial charge in [0.15, 0.2) is 0 Å². The van der Waals surface area contributed by atoms with Crippen molar-refractivity contribution in [1.29, 1.82) is 10.5 Å². The molecule has 0 aliphatic carbocycles. The number of furan rings is 1. The Kier molecular flexibility index (Phi) is 5.44. The van der Waals surface area contributed by atoms with Crippen LogP contribution in [0.5, 0.6) is 0 Å². The van der Waals surface area contributed by atoms with E-state index in [1.165, 1.54) is 10.1 Å². The van der Waals surface area contributed by atoms with Gasteiger partial charge in [0.2, 0.25) is 0 Å². The van der Waals surface area contributed by atoms with Gasteiger partial charge >= 0.3 is 0 Å². The van der Waals surface area contributed by atoms with Crippen molar-refractivity contribution in [1.82, 2.24) is 0 Å². The van der Waals surface area contributed by atoms with Crippen molar-refractivity contribution >= 4 is 53.4 Å². The average molecular weight is 553 g/mol. The molecule has 2 heterocycles. The minimum atomic E-state index is 0.475. The van der Waals surface area contributed by atoms with E-state index in [2.05, 4.69) is 54.6 Å². The Morgan fingerprint density at radius 2 is 1.17 bits per heavy atom. The van der Waals surface area contributed by atoms with Crippen LogP contribution < -0.4 is 0 Å². The molecule has 0 aliphatic rings. The SMILES string of the molecule is N#Cc1c(-c2ccccc2)cc(-c2cccc3c2sc2ccccc23)c(C#N)c1-c1cccc2oc3ccccc3c12. The van der Waals surface area contributed by atoms with Gasteiger partial charge in [-0.25, -0.2) is 0 Å². The molecule has 0 unspecified atom stereocenters. The summed E-state index contributed by atoms with van der Waals surface area (Å²) in [5, 5.41) is 25.8. The van der Waals surface area contributed by atoms with Crippen LogP contribution in [0.25, 0.3) is 75.5 Å². The van der Waals surface area contributed by atoms with Gasteiger partial charge in [-0.3, -0.25) is 0 Å². The summed E-state index contributed by atoms with van der Waals surface area (Å²) < 4.78 is 8.54. The summed E-state index contributed by atoms with van der Waals surface area (Å²) >= 11 is 1.73. The number of nitrogens with zero attached hydrogens (tertiary/aromatic N) is 2. The van der Waals surface area contributed by atoms with E-state index in [9.17, 15) is 10.5 Å². The minimum Gasteiger partial charge on any atom is -0.456 e. The van der Waals surface area contributed by atoms with Crippen molar-refractivity contribution in [3.8, 4) is 45.5 Å². The molecule has 0 bridgehead atoms. The van der Waals surface area contributed by atoms with Gasteiger partial charge in [-0.05, 0) is 35.4 Å². The summed E-state index contributed by atoms with van der Waals surface area (Å²) in [6.45, 7) is 0. The van der Waals surface area contributed by atoms with Gasteiger partial charge in [-0.1, -0.05) is 97.1 Å². The first kappa shape index (κ1) is 24.1. The van der Waals surface area contributed by atoms with Crippen LogP contribution in [-0.2, 0) is 0 Å². The standard InChI is InChI=1S/C38H20N2OS/c39-21-31-29(23-10-2-1-3-11-23)20-30(26-15-8-14-25-24-12-5-7-19-35(24)42-38(25)26)32(22-40)36(31)28-16-9-18-34-37(28)27-13-4-6-17-33(27)41-34/h1-20H. The van der Waals surface area contributed by atoms with E-state index in [0.29, 0.717) is 16.7 Å². The second-order valence-corrected chi connectivity index (χ2v) is 11.3. The maximum Gasteiger partial charge on any atom is 0.136 e. The molecular formula is C38H20N2OS. The van der Waals surface area contributed by atoms with Gasteiger partial charge in [0.1, 0.15) is 23.3 Å². The maximum absolute atomic E-state index is 10.9. The first-order valence-electron chi connectivity index (χ1n) is 13.6. The van der Waals surface area contributed by atoms with Gasteiger partial charge < -0.3 is 4.42 Å². The zero-order valence-electron chi connectivity index (χ0n) is 22.3. The minimum absolute atomic E-state index is 0.475. The second-order valence-electron chi connectivity index (χ2n) is 10.2. The molecule has 8 rings (SSSR count). The number of fused-ring (bicyclic) bond motifs is 6. The maximum atomic E-state index is 10.9. The molecule has 0 fully saturated rings. The van der Waals surface area contributed by atoms with E-state index in [-0.39, 0.29) is 0 Å². The van der Waals surface area contributed by atoms with Crippen LogP contribution in [0.4, 0.5) is 0 Å². The normalized spacial score (nSPS) is 11.3. The molecule has 0 radical (unpaired) electrons. The summed E-state index contributed by atoms with van der Waals surface area (Å²) in [6, 6.07) is 45.5. The van der Waals surface area contributed by atoms with Crippen molar-refractivity contribution in [2.24, 2.45) is 0 Å². The molecule has 0 N–H and O–H groups in total. The smallest absolute Gasteiger partial charge is 0.136 e. The van der Waals surface area contributed by atoms with Gasteiger partial charge in [0.25, 0.3) is 0 Å². The molecule has 0 saturated carbocycles. The molecule has 42 heavy (non-hydrogen) atoms. The van der Waals surface area contributed by atoms with E-state index < -0.39 is 0 Å². The quantitative estimate of drug-likeness (QED) is 0.219. The molecule has 3 nitrogen and oxygen atoms in total. The highest BCUT2D eigenvalue weighted by Gasteiger charge is 2.25. The molecule has 0 amide bonds. The number of benzene rings is 6. The number of thiophene rings is 1. The predicted octanol–water partition coefficient (Wildman–Crippen LogP) is 10.7. The van der Waals surface area contributed by atoms with Crippen molar-refractivity contribution in [2.45, 2.75) is 0 Å². The molecule has 0 atom stereocenters. The van der Waals surface area contributed by atoms with Crippen LogP contribution >= 0.6 is 11.3 Å². The lowest BCUT2D eigenvalue weighted by Gasteiger charge is -2.18. The van der Waals surface area contributed by atoms with Crippen LogP contribution in [0, 0.1) is 22.7 Å². The third-order valence-electron chi connectivity index (χ3n) is 8.00. The fourth-order valence-corrected chi connectivity index (χ4v) is 7.42. The van der Waals surface area contributed by atoms with E-state index in [0.717, 1.165) is 59.8 Å². The van der Waals surface area contributed by atoms with Crippen molar-refractivity contribution in [3.05, 3.63) is 132 Å². The molecule has 0 spiro atoms. The van der Waals surface area contributed by atoms with Gasteiger partial charge in [-0.15, -0.1) is 11.3 Å². The number of hydrogen-bond donors (Lipinski definition) is 0. The Hall–Kier alpha value is -5.68. The van der Waals surface area contributed by atoms with Gasteiger partial charge in [-0.2, -0.15) is 10.5 Å². The third-order valence-corrected chi connectivity index (χ3v) is 9.22. The summed E-state index contributed by atoms with van der Waals surface area (Å²) in [5.74, 6) is 0. The van der Waals surface area contributed by atoms with Gasteiger partial charge in [0.05, 0.1) is 11.1 Å². The lowest BCUT2D eigenvalue weighted by Crippen LogP contribution is -1.98. The Balaban J connectivity index is 1.56. The van der Waals surface area contributed by atoms with Crippen LogP contribution in [0.1, 0.15) is 11.1 Å². The lowest BCUT2D eigenvalue weighted by molar-refractivity contribution is 0.669. The summed E-state index contributed by atoms with van der Waals surface area (Å²) in [7, 11) is 0. The Morgan fingerprint density at radius 3 is 2.00 bits per heavy atom. The van der Waals surface area contributed by atoms with Crippen LogP contribution in [0.2, 0.25) is 0 Å². The number of para-hydroxylation sites is 1. The molecule has 0 saturated heterocycles. The third kappa shape index (κ3) is 3.50. The highest BCUT2D eigenvalue weighted by Crippen LogP contribution is 2.47. The van der Waals surface area contributed by atoms with Crippen molar-refractivity contribution in [2.75, 3.05) is 0 Å². The van der Waals surface area contributed by atoms with E-state index in [4.69, 9.17) is 4.42 Å². The highest BCUT2D eigenvalue weighted by molar-refractivity contribution is 7.26. The van der Waals surface area contributed by atoms with E-state index in [1.807, 2.05) is 78.9 Å². The van der Waals surface area contributed by atoms with Crippen LogP contribution in [0.3, 0.4) is 0 Å². The van der Waals surface area contributed by atoms with Crippen LogP contribution in [0.15, 0.2) is 126 Å². The Bertz CT molecular complexity index is 2430. The number of rotatable bonds is 3. The van der Waals surface area contributed by atoms with Crippen molar-refractivity contribution < 1.29 is 4.42 Å². The number of nitriles is 2. The zero-order valence-corrected chi connectivity index (χ0v) is 23.1. The first-order chi connectivity index (χ1) is 20.8. The van der Waals surface area contributed by atoms with E-state index in [1.54, 1.807) is 11.3 Å². The zero-order chi connectivity index (χ0) is 28.2. The fourth-order valence-electron chi connectivity index (χ4n) is 6.18. The summed E-state index contributed by atoms with van der Waals surface area (Å²) in [4.78, 5) is 0. The molecule has 8 aromatic rings. The molecular weight excluding hydrogens is 532 g/mol. The molecule has 6 aromatic carbocycles. The molecule has 2 aromatic heterocycles.